The first-order valence-electron chi connectivity index (χ1n) is 10.0. The summed E-state index contributed by atoms with van der Waals surface area (Å²) in [7, 11) is -1.24. The Labute approximate surface area is 188 Å². The SMILES string of the molecule is CP1Oc2ccccc2-n2ccc(n2)C(C)(C)c2ccn(n2)-c2cc(CS)ccc2O1. The van der Waals surface area contributed by atoms with E-state index >= 15 is 0 Å². The summed E-state index contributed by atoms with van der Waals surface area (Å²) in [4.78, 5) is 0. The third kappa shape index (κ3) is 3.62. The van der Waals surface area contributed by atoms with E-state index < -0.39 is 8.38 Å². The minimum absolute atomic E-state index is 0.379. The number of aromatic nitrogens is 4. The third-order valence-electron chi connectivity index (χ3n) is 5.48. The van der Waals surface area contributed by atoms with E-state index in [2.05, 4.69) is 32.5 Å². The molecule has 0 radical (unpaired) electrons. The molecule has 0 saturated carbocycles. The molecule has 2 aromatic carbocycles. The lowest BCUT2D eigenvalue weighted by Crippen LogP contribution is -2.21. The van der Waals surface area contributed by atoms with Crippen molar-refractivity contribution in [3.8, 4) is 22.9 Å². The van der Waals surface area contributed by atoms with Gasteiger partial charge in [-0.2, -0.15) is 22.8 Å². The molecule has 1 aliphatic heterocycles. The van der Waals surface area contributed by atoms with E-state index in [4.69, 9.17) is 19.2 Å². The monoisotopic (exact) mass is 450 g/mol. The van der Waals surface area contributed by atoms with E-state index in [0.29, 0.717) is 5.75 Å². The number of para-hydroxylation sites is 2. The number of rotatable bonds is 1. The first-order chi connectivity index (χ1) is 15.0. The Morgan fingerprint density at radius 1 is 0.871 bits per heavy atom. The first kappa shape index (κ1) is 20.2. The van der Waals surface area contributed by atoms with Gasteiger partial charge < -0.3 is 9.05 Å². The normalized spacial score (nSPS) is 17.0. The van der Waals surface area contributed by atoms with Crippen LogP contribution in [0, 0.1) is 0 Å². The predicted molar refractivity (Wildman–Crippen MR) is 126 cm³/mol. The molecular weight excluding hydrogens is 427 g/mol. The van der Waals surface area contributed by atoms with Crippen LogP contribution in [0.15, 0.2) is 67.0 Å². The van der Waals surface area contributed by atoms with Gasteiger partial charge in [-0.25, -0.2) is 9.36 Å². The average molecular weight is 451 g/mol. The van der Waals surface area contributed by atoms with Crippen molar-refractivity contribution in [3.05, 3.63) is 83.9 Å². The van der Waals surface area contributed by atoms with Crippen LogP contribution in [-0.4, -0.2) is 26.2 Å². The molecule has 158 valence electrons. The Kier molecular flexibility index (Phi) is 5.03. The Morgan fingerprint density at radius 2 is 1.48 bits per heavy atom. The van der Waals surface area contributed by atoms with Gasteiger partial charge in [0.05, 0.1) is 16.8 Å². The van der Waals surface area contributed by atoms with Gasteiger partial charge in [0.1, 0.15) is 11.4 Å². The molecule has 1 unspecified atom stereocenters. The maximum Gasteiger partial charge on any atom is 0.287 e. The molecule has 1 aliphatic rings. The highest BCUT2D eigenvalue weighted by Crippen LogP contribution is 2.42. The number of benzene rings is 2. The van der Waals surface area contributed by atoms with E-state index in [1.165, 1.54) is 0 Å². The fourth-order valence-electron chi connectivity index (χ4n) is 3.65. The van der Waals surface area contributed by atoms with Crippen LogP contribution in [0.4, 0.5) is 0 Å². The van der Waals surface area contributed by atoms with E-state index in [-0.39, 0.29) is 5.41 Å². The summed E-state index contributed by atoms with van der Waals surface area (Å²) in [6, 6.07) is 18.0. The second kappa shape index (κ2) is 7.74. The van der Waals surface area contributed by atoms with Gasteiger partial charge >= 0.3 is 0 Å². The van der Waals surface area contributed by atoms with Crippen LogP contribution in [0.25, 0.3) is 11.4 Å². The summed E-state index contributed by atoms with van der Waals surface area (Å²) in [5.74, 6) is 2.09. The molecule has 31 heavy (non-hydrogen) atoms. The Morgan fingerprint density at radius 3 is 2.16 bits per heavy atom. The second-order valence-electron chi connectivity index (χ2n) is 7.97. The van der Waals surface area contributed by atoms with Gasteiger partial charge in [0.25, 0.3) is 8.38 Å². The van der Waals surface area contributed by atoms with Crippen molar-refractivity contribution >= 4 is 21.0 Å². The van der Waals surface area contributed by atoms with Crippen LogP contribution in [0.2, 0.25) is 0 Å². The molecule has 6 nitrogen and oxygen atoms in total. The minimum Gasteiger partial charge on any atom is -0.436 e. The molecule has 4 bridgehead atoms. The maximum atomic E-state index is 6.28. The zero-order valence-corrected chi connectivity index (χ0v) is 19.3. The van der Waals surface area contributed by atoms with Crippen LogP contribution in [0.5, 0.6) is 11.5 Å². The van der Waals surface area contributed by atoms with Gasteiger partial charge in [0.2, 0.25) is 0 Å². The van der Waals surface area contributed by atoms with Crippen molar-refractivity contribution in [2.24, 2.45) is 0 Å². The summed E-state index contributed by atoms with van der Waals surface area (Å²) >= 11 is 4.44. The smallest absolute Gasteiger partial charge is 0.287 e. The molecule has 0 amide bonds. The lowest BCUT2D eigenvalue weighted by atomic mass is 9.86. The van der Waals surface area contributed by atoms with E-state index in [1.54, 1.807) is 0 Å². The fraction of sp³-hybridized carbons (Fsp3) is 0.217. The van der Waals surface area contributed by atoms with Gasteiger partial charge in [0, 0.05) is 24.8 Å². The van der Waals surface area contributed by atoms with Crippen LogP contribution in [0.1, 0.15) is 30.8 Å². The summed E-state index contributed by atoms with van der Waals surface area (Å²) < 4.78 is 16.2. The van der Waals surface area contributed by atoms with Crippen molar-refractivity contribution < 1.29 is 9.05 Å². The van der Waals surface area contributed by atoms with Gasteiger partial charge in [0.15, 0.2) is 11.5 Å². The molecule has 0 aliphatic carbocycles. The van der Waals surface area contributed by atoms with Crippen molar-refractivity contribution in [1.29, 1.82) is 0 Å². The van der Waals surface area contributed by atoms with Crippen molar-refractivity contribution in [2.45, 2.75) is 25.0 Å². The number of fused-ring (bicyclic) bond motifs is 8. The largest absolute Gasteiger partial charge is 0.436 e. The lowest BCUT2D eigenvalue weighted by molar-refractivity contribution is 0.489. The molecule has 1 atom stereocenters. The van der Waals surface area contributed by atoms with Crippen LogP contribution >= 0.6 is 21.0 Å². The zero-order chi connectivity index (χ0) is 21.6. The summed E-state index contributed by atoms with van der Waals surface area (Å²) in [6.07, 6.45) is 3.92. The zero-order valence-electron chi connectivity index (χ0n) is 17.6. The Bertz CT molecular complexity index is 1250. The highest BCUT2D eigenvalue weighted by molar-refractivity contribution is 7.79. The maximum absolute atomic E-state index is 6.28. The number of hydrogen-bond donors (Lipinski definition) is 1. The molecule has 0 saturated heterocycles. The van der Waals surface area contributed by atoms with Gasteiger partial charge in [-0.15, -0.1) is 0 Å². The molecule has 0 spiro atoms. The molecule has 3 heterocycles. The number of thiol groups is 1. The summed E-state index contributed by atoms with van der Waals surface area (Å²) in [5.41, 5.74) is 4.31. The van der Waals surface area contributed by atoms with Crippen molar-refractivity contribution in [3.63, 3.8) is 0 Å². The quantitative estimate of drug-likeness (QED) is 0.306. The fourth-order valence-corrected chi connectivity index (χ4v) is 4.75. The second-order valence-corrected chi connectivity index (χ2v) is 9.53. The van der Waals surface area contributed by atoms with Crippen LogP contribution in [-0.2, 0) is 11.2 Å². The molecule has 2 aromatic heterocycles. The molecule has 5 rings (SSSR count). The highest BCUT2D eigenvalue weighted by atomic mass is 32.1. The Hall–Kier alpha value is -2.76. The minimum atomic E-state index is -1.24. The first-order valence-corrected chi connectivity index (χ1v) is 12.3. The predicted octanol–water partition coefficient (Wildman–Crippen LogP) is 5.53. The molecular formula is C23H23N4O2PS. The van der Waals surface area contributed by atoms with E-state index in [0.717, 1.165) is 39.8 Å². The number of nitrogens with zero attached hydrogens (tertiary/aromatic N) is 4. The van der Waals surface area contributed by atoms with Crippen molar-refractivity contribution in [1.82, 2.24) is 19.6 Å². The Balaban J connectivity index is 1.71. The molecule has 4 aromatic rings. The third-order valence-corrected chi connectivity index (χ3v) is 6.75. The van der Waals surface area contributed by atoms with Crippen LogP contribution in [0.3, 0.4) is 0 Å². The summed E-state index contributed by atoms with van der Waals surface area (Å²) in [6.45, 7) is 6.21. The molecule has 0 fully saturated rings. The van der Waals surface area contributed by atoms with E-state index in [9.17, 15) is 0 Å². The average Bonchev–Trinajstić information content (AvgIpc) is 3.45. The standard InChI is InChI=1S/C23H23N4O2PS/c1-23(2)21-10-12-26(24-21)17-6-4-5-7-19(17)28-30(3)29-20-9-8-16(15-31)14-18(20)27-13-11-22(23)25-27/h4-14,31H,15H2,1-3H3. The highest BCUT2D eigenvalue weighted by Gasteiger charge is 2.30. The van der Waals surface area contributed by atoms with Crippen LogP contribution < -0.4 is 9.05 Å². The van der Waals surface area contributed by atoms with Gasteiger partial charge in [-0.3, -0.25) is 0 Å². The van der Waals surface area contributed by atoms with Crippen molar-refractivity contribution in [2.75, 3.05) is 6.66 Å². The van der Waals surface area contributed by atoms with E-state index in [1.807, 2.05) is 77.0 Å². The summed E-state index contributed by atoms with van der Waals surface area (Å²) in [5, 5.41) is 9.76. The molecule has 0 N–H and O–H groups in total. The topological polar surface area (TPSA) is 54.1 Å². The molecule has 8 heteroatoms. The lowest BCUT2D eigenvalue weighted by Gasteiger charge is -2.22. The van der Waals surface area contributed by atoms with Gasteiger partial charge in [-0.1, -0.05) is 18.2 Å². The number of hydrogen-bond acceptors (Lipinski definition) is 5. The van der Waals surface area contributed by atoms with Gasteiger partial charge in [-0.05, 0) is 55.8 Å².